The topological polar surface area (TPSA) is 16.4 Å². The number of anilines is 3. The molecule has 0 bridgehead atoms. The lowest BCUT2D eigenvalue weighted by molar-refractivity contribution is 0.669. The maximum Gasteiger partial charge on any atom is 0.135 e. The van der Waals surface area contributed by atoms with E-state index in [-0.39, 0.29) is 0 Å². The first-order valence-electron chi connectivity index (χ1n) is 15.0. The molecule has 0 saturated carbocycles. The molecule has 0 atom stereocenters. The molecular formula is C42H27NO. The van der Waals surface area contributed by atoms with E-state index in [9.17, 15) is 0 Å². The molecule has 0 fully saturated rings. The number of rotatable bonds is 4. The van der Waals surface area contributed by atoms with E-state index in [1.807, 2.05) is 12.1 Å². The summed E-state index contributed by atoms with van der Waals surface area (Å²) in [6, 6.07) is 58.7. The summed E-state index contributed by atoms with van der Waals surface area (Å²) in [4.78, 5) is 2.41. The summed E-state index contributed by atoms with van der Waals surface area (Å²) in [7, 11) is 0. The fraction of sp³-hybridized carbons (Fsp3) is 0. The van der Waals surface area contributed by atoms with Gasteiger partial charge < -0.3 is 9.32 Å². The second-order valence-corrected chi connectivity index (χ2v) is 11.4. The molecule has 0 aliphatic carbocycles. The van der Waals surface area contributed by atoms with Crippen LogP contribution < -0.4 is 4.90 Å². The predicted octanol–water partition coefficient (Wildman–Crippen LogP) is 12.2. The molecular weight excluding hydrogens is 534 g/mol. The Morgan fingerprint density at radius 3 is 1.89 bits per heavy atom. The van der Waals surface area contributed by atoms with Crippen LogP contribution >= 0.6 is 0 Å². The maximum atomic E-state index is 6.23. The average Bonchev–Trinajstić information content (AvgIpc) is 3.46. The van der Waals surface area contributed by atoms with Gasteiger partial charge in [0.25, 0.3) is 0 Å². The maximum absolute atomic E-state index is 6.23. The Labute approximate surface area is 255 Å². The first kappa shape index (κ1) is 24.7. The van der Waals surface area contributed by atoms with Crippen LogP contribution in [0, 0.1) is 0 Å². The molecule has 2 nitrogen and oxygen atoms in total. The number of benzene rings is 8. The van der Waals surface area contributed by atoms with Gasteiger partial charge in [-0.2, -0.15) is 0 Å². The third-order valence-corrected chi connectivity index (χ3v) is 8.81. The van der Waals surface area contributed by atoms with Crippen LogP contribution in [0.1, 0.15) is 0 Å². The Morgan fingerprint density at radius 2 is 1.00 bits per heavy atom. The number of hydrogen-bond donors (Lipinski definition) is 0. The Kier molecular flexibility index (Phi) is 5.54. The van der Waals surface area contributed by atoms with Crippen LogP contribution in [0.4, 0.5) is 17.1 Å². The van der Waals surface area contributed by atoms with Gasteiger partial charge in [0.2, 0.25) is 0 Å². The average molecular weight is 562 g/mol. The lowest BCUT2D eigenvalue weighted by Gasteiger charge is -2.28. The van der Waals surface area contributed by atoms with Crippen molar-refractivity contribution >= 4 is 71.3 Å². The van der Waals surface area contributed by atoms with Crippen LogP contribution in [0.15, 0.2) is 168 Å². The lowest BCUT2D eigenvalue weighted by atomic mass is 9.96. The molecule has 0 spiro atoms. The van der Waals surface area contributed by atoms with E-state index in [1.54, 1.807) is 0 Å². The molecule has 0 aliphatic heterocycles. The highest BCUT2D eigenvalue weighted by atomic mass is 16.3. The second kappa shape index (κ2) is 9.86. The lowest BCUT2D eigenvalue weighted by Crippen LogP contribution is -2.10. The fourth-order valence-corrected chi connectivity index (χ4v) is 6.79. The Balaban J connectivity index is 1.34. The van der Waals surface area contributed by atoms with Crippen LogP contribution in [0.2, 0.25) is 0 Å². The van der Waals surface area contributed by atoms with E-state index in [4.69, 9.17) is 4.42 Å². The standard InChI is InChI=1S/C42H27NO/c1-3-16-33-28(11-1)13-10-21-34(33)29-14-9-15-31(25-29)43(32-23-24-42-39(27-32)38-20-7-8-22-41(38)44-42)40-26-30-12-2-4-17-35(30)36-18-5-6-19-37(36)40/h1-27H. The van der Waals surface area contributed by atoms with Gasteiger partial charge in [0.15, 0.2) is 0 Å². The molecule has 1 aromatic heterocycles. The quantitative estimate of drug-likeness (QED) is 0.199. The molecule has 2 heteroatoms. The highest BCUT2D eigenvalue weighted by molar-refractivity contribution is 6.15. The minimum atomic E-state index is 0.891. The van der Waals surface area contributed by atoms with Gasteiger partial charge in [-0.3, -0.25) is 0 Å². The van der Waals surface area contributed by atoms with Gasteiger partial charge in [-0.25, -0.2) is 0 Å². The molecule has 0 amide bonds. The summed E-state index contributed by atoms with van der Waals surface area (Å²) in [5.74, 6) is 0. The smallest absolute Gasteiger partial charge is 0.135 e. The van der Waals surface area contributed by atoms with Crippen molar-refractivity contribution in [3.8, 4) is 11.1 Å². The van der Waals surface area contributed by atoms with Crippen molar-refractivity contribution in [1.82, 2.24) is 0 Å². The van der Waals surface area contributed by atoms with E-state index >= 15 is 0 Å². The summed E-state index contributed by atoms with van der Waals surface area (Å²) in [5, 5.41) is 9.64. The third kappa shape index (κ3) is 3.89. The van der Waals surface area contributed by atoms with Gasteiger partial charge in [0.1, 0.15) is 11.2 Å². The van der Waals surface area contributed by atoms with Gasteiger partial charge in [-0.05, 0) is 80.5 Å². The van der Waals surface area contributed by atoms with Gasteiger partial charge in [-0.1, -0.05) is 121 Å². The molecule has 0 saturated heterocycles. The van der Waals surface area contributed by atoms with E-state index in [0.29, 0.717) is 0 Å². The number of nitrogens with zero attached hydrogens (tertiary/aromatic N) is 1. The molecule has 0 radical (unpaired) electrons. The Morgan fingerprint density at radius 1 is 0.364 bits per heavy atom. The van der Waals surface area contributed by atoms with Gasteiger partial charge in [0.05, 0.1) is 5.69 Å². The van der Waals surface area contributed by atoms with E-state index in [2.05, 4.69) is 157 Å². The molecule has 8 aromatic carbocycles. The van der Waals surface area contributed by atoms with Crippen molar-refractivity contribution in [2.75, 3.05) is 4.90 Å². The molecule has 0 aliphatic rings. The molecule has 44 heavy (non-hydrogen) atoms. The van der Waals surface area contributed by atoms with Crippen molar-refractivity contribution < 1.29 is 4.42 Å². The van der Waals surface area contributed by atoms with Crippen molar-refractivity contribution in [3.63, 3.8) is 0 Å². The van der Waals surface area contributed by atoms with Gasteiger partial charge in [-0.15, -0.1) is 0 Å². The molecule has 0 unspecified atom stereocenters. The highest BCUT2D eigenvalue weighted by Gasteiger charge is 2.19. The zero-order valence-corrected chi connectivity index (χ0v) is 23.9. The fourth-order valence-electron chi connectivity index (χ4n) is 6.79. The van der Waals surface area contributed by atoms with E-state index < -0.39 is 0 Å². The van der Waals surface area contributed by atoms with Crippen molar-refractivity contribution in [3.05, 3.63) is 164 Å². The Bertz CT molecular complexity index is 2520. The molecule has 0 N–H and O–H groups in total. The summed E-state index contributed by atoms with van der Waals surface area (Å²) in [6.07, 6.45) is 0. The SMILES string of the molecule is c1cc(-c2cccc3ccccc23)cc(N(c2ccc3oc4ccccc4c3c2)c2cc3ccccc3c3ccccc23)c1. The molecule has 9 rings (SSSR count). The number of fused-ring (bicyclic) bond motifs is 7. The summed E-state index contributed by atoms with van der Waals surface area (Å²) < 4.78 is 6.23. The largest absolute Gasteiger partial charge is 0.456 e. The van der Waals surface area contributed by atoms with Crippen LogP contribution in [0.25, 0.3) is 65.4 Å². The predicted molar refractivity (Wildman–Crippen MR) is 186 cm³/mol. The zero-order valence-electron chi connectivity index (χ0n) is 23.9. The van der Waals surface area contributed by atoms with Crippen LogP contribution in [-0.4, -0.2) is 0 Å². The summed E-state index contributed by atoms with van der Waals surface area (Å²) in [5.41, 5.74) is 7.53. The van der Waals surface area contributed by atoms with Crippen LogP contribution in [0.3, 0.4) is 0 Å². The van der Waals surface area contributed by atoms with Crippen LogP contribution in [0.5, 0.6) is 0 Å². The normalized spacial score (nSPS) is 11.6. The van der Waals surface area contributed by atoms with Gasteiger partial charge >= 0.3 is 0 Å². The van der Waals surface area contributed by atoms with E-state index in [1.165, 1.54) is 43.4 Å². The third-order valence-electron chi connectivity index (χ3n) is 8.81. The van der Waals surface area contributed by atoms with Crippen LogP contribution in [-0.2, 0) is 0 Å². The minimum Gasteiger partial charge on any atom is -0.456 e. The summed E-state index contributed by atoms with van der Waals surface area (Å²) >= 11 is 0. The number of para-hydroxylation sites is 1. The monoisotopic (exact) mass is 561 g/mol. The number of furan rings is 1. The van der Waals surface area contributed by atoms with Gasteiger partial charge in [0, 0.05) is 27.5 Å². The van der Waals surface area contributed by atoms with Crippen molar-refractivity contribution in [2.45, 2.75) is 0 Å². The first-order valence-corrected chi connectivity index (χ1v) is 15.0. The molecule has 9 aromatic rings. The highest BCUT2D eigenvalue weighted by Crippen LogP contribution is 2.44. The molecule has 1 heterocycles. The zero-order chi connectivity index (χ0) is 29.0. The van der Waals surface area contributed by atoms with E-state index in [0.717, 1.165) is 39.0 Å². The minimum absolute atomic E-state index is 0.891. The van der Waals surface area contributed by atoms with Crippen molar-refractivity contribution in [2.24, 2.45) is 0 Å². The number of hydrogen-bond acceptors (Lipinski definition) is 2. The molecule has 206 valence electrons. The summed E-state index contributed by atoms with van der Waals surface area (Å²) in [6.45, 7) is 0. The van der Waals surface area contributed by atoms with Crippen molar-refractivity contribution in [1.29, 1.82) is 0 Å². The Hall–Kier alpha value is -5.86. The first-order chi connectivity index (χ1) is 21.8. The second-order valence-electron chi connectivity index (χ2n) is 11.4.